The van der Waals surface area contributed by atoms with Gasteiger partial charge in [0.1, 0.15) is 5.75 Å². The van der Waals surface area contributed by atoms with Gasteiger partial charge in [-0.1, -0.05) is 11.6 Å². The molecule has 1 N–H and O–H groups in total. The lowest BCUT2D eigenvalue weighted by atomic mass is 10.2. The van der Waals surface area contributed by atoms with E-state index >= 15 is 0 Å². The Morgan fingerprint density at radius 1 is 1.21 bits per heavy atom. The number of halogens is 1. The summed E-state index contributed by atoms with van der Waals surface area (Å²) in [5, 5.41) is 10.8. The fourth-order valence-electron chi connectivity index (χ4n) is 3.09. The van der Waals surface area contributed by atoms with Gasteiger partial charge in [0.25, 0.3) is 10.0 Å². The molecule has 1 aliphatic heterocycles. The van der Waals surface area contributed by atoms with Crippen LogP contribution in [-0.4, -0.2) is 33.9 Å². The van der Waals surface area contributed by atoms with Gasteiger partial charge in [0.2, 0.25) is 5.91 Å². The highest BCUT2D eigenvalue weighted by atomic mass is 35.5. The summed E-state index contributed by atoms with van der Waals surface area (Å²) in [6.07, 6.45) is -0.0444. The number of benzene rings is 2. The van der Waals surface area contributed by atoms with Crippen LogP contribution in [-0.2, 0) is 26.0 Å². The Labute approximate surface area is 173 Å². The number of sulfonamides is 1. The summed E-state index contributed by atoms with van der Waals surface area (Å²) in [6, 6.07) is 9.00. The summed E-state index contributed by atoms with van der Waals surface area (Å²) < 4.78 is 33.0. The van der Waals surface area contributed by atoms with Crippen molar-refractivity contribution < 1.29 is 27.9 Å². The SMILES string of the molecule is COc1ccc(NS(=O)(=O)c2ccc3c(c2)CCN3C(=O)CCC(=O)[O-])cc1Cl. The van der Waals surface area contributed by atoms with Gasteiger partial charge < -0.3 is 19.5 Å². The van der Waals surface area contributed by atoms with Crippen molar-refractivity contribution in [3.05, 3.63) is 47.0 Å². The van der Waals surface area contributed by atoms with Crippen molar-refractivity contribution in [1.29, 1.82) is 0 Å². The topological polar surface area (TPSA) is 116 Å². The standard InChI is InChI=1S/C19H19ClN2O6S/c1-28-17-5-2-13(11-15(17)20)21-29(26,27)14-3-4-16-12(10-14)8-9-22(16)18(23)6-7-19(24)25/h2-5,10-11,21H,6-9H2,1H3,(H,24,25)/p-1. The van der Waals surface area contributed by atoms with Gasteiger partial charge in [0.15, 0.2) is 0 Å². The molecule has 0 bridgehead atoms. The Balaban J connectivity index is 1.79. The van der Waals surface area contributed by atoms with Gasteiger partial charge in [-0.25, -0.2) is 8.42 Å². The third-order valence-electron chi connectivity index (χ3n) is 4.50. The number of amides is 1. The van der Waals surface area contributed by atoms with Gasteiger partial charge in [-0.3, -0.25) is 9.52 Å². The highest BCUT2D eigenvalue weighted by molar-refractivity contribution is 7.92. The van der Waals surface area contributed by atoms with Gasteiger partial charge in [-0.2, -0.15) is 0 Å². The molecule has 2 aromatic rings. The number of aliphatic carboxylic acids is 1. The Kier molecular flexibility index (Phi) is 5.99. The number of rotatable bonds is 7. The summed E-state index contributed by atoms with van der Waals surface area (Å²) in [7, 11) is -2.41. The van der Waals surface area contributed by atoms with Crippen LogP contribution in [0.1, 0.15) is 18.4 Å². The third-order valence-corrected chi connectivity index (χ3v) is 6.18. The molecule has 0 aliphatic carbocycles. The minimum atomic E-state index is -3.87. The third kappa shape index (κ3) is 4.63. The molecule has 0 saturated heterocycles. The quantitative estimate of drug-likeness (QED) is 0.702. The number of carboxylic acids is 1. The van der Waals surface area contributed by atoms with Crippen LogP contribution in [0.3, 0.4) is 0 Å². The van der Waals surface area contributed by atoms with Crippen molar-refractivity contribution in [3.63, 3.8) is 0 Å². The van der Waals surface area contributed by atoms with Crippen LogP contribution in [0.15, 0.2) is 41.3 Å². The number of ether oxygens (including phenoxy) is 1. The zero-order valence-electron chi connectivity index (χ0n) is 15.5. The predicted molar refractivity (Wildman–Crippen MR) is 106 cm³/mol. The number of carbonyl (C=O) groups is 2. The fourth-order valence-corrected chi connectivity index (χ4v) is 4.45. The van der Waals surface area contributed by atoms with Crippen molar-refractivity contribution in [2.75, 3.05) is 23.3 Å². The first kappa shape index (κ1) is 20.9. The average Bonchev–Trinajstić information content (AvgIpc) is 3.09. The smallest absolute Gasteiger partial charge is 0.261 e. The number of nitrogens with zero attached hydrogens (tertiary/aromatic N) is 1. The highest BCUT2D eigenvalue weighted by Gasteiger charge is 2.26. The largest absolute Gasteiger partial charge is 0.550 e. The van der Waals surface area contributed by atoms with E-state index in [2.05, 4.69) is 4.72 Å². The number of hydrogen-bond donors (Lipinski definition) is 1. The van der Waals surface area contributed by atoms with Crippen LogP contribution in [0.25, 0.3) is 0 Å². The zero-order valence-corrected chi connectivity index (χ0v) is 17.0. The normalized spacial score (nSPS) is 13.1. The first-order valence-corrected chi connectivity index (χ1v) is 10.6. The van der Waals surface area contributed by atoms with Crippen LogP contribution >= 0.6 is 11.6 Å². The number of carbonyl (C=O) groups excluding carboxylic acids is 2. The molecule has 0 saturated carbocycles. The molecule has 0 fully saturated rings. The molecule has 1 heterocycles. The molecule has 0 unspecified atom stereocenters. The van der Waals surface area contributed by atoms with E-state index in [1.54, 1.807) is 12.1 Å². The molecular formula is C19H18ClN2O6S-. The molecule has 0 aromatic heterocycles. The average molecular weight is 438 g/mol. The van der Waals surface area contributed by atoms with Crippen LogP contribution in [0.5, 0.6) is 5.75 Å². The first-order valence-electron chi connectivity index (χ1n) is 8.71. The molecule has 0 atom stereocenters. The second-order valence-electron chi connectivity index (χ2n) is 6.41. The molecule has 0 spiro atoms. The van der Waals surface area contributed by atoms with Crippen LogP contribution in [0.4, 0.5) is 11.4 Å². The van der Waals surface area contributed by atoms with Crippen LogP contribution < -0.4 is 19.5 Å². The monoisotopic (exact) mass is 437 g/mol. The molecule has 29 heavy (non-hydrogen) atoms. The van der Waals surface area contributed by atoms with Gasteiger partial charge in [0.05, 0.1) is 22.7 Å². The number of nitrogens with one attached hydrogen (secondary N) is 1. The Morgan fingerprint density at radius 2 is 1.97 bits per heavy atom. The second-order valence-corrected chi connectivity index (χ2v) is 8.50. The van der Waals surface area contributed by atoms with E-state index in [0.717, 1.165) is 0 Å². The second kappa shape index (κ2) is 8.30. The molecule has 8 nitrogen and oxygen atoms in total. The van der Waals surface area contributed by atoms with Crippen molar-refractivity contribution in [2.24, 2.45) is 0 Å². The van der Waals surface area contributed by atoms with Crippen LogP contribution in [0.2, 0.25) is 5.02 Å². The minimum Gasteiger partial charge on any atom is -0.550 e. The molecule has 1 aliphatic rings. The van der Waals surface area contributed by atoms with Crippen molar-refractivity contribution in [1.82, 2.24) is 0 Å². The summed E-state index contributed by atoms with van der Waals surface area (Å²) in [5.41, 5.74) is 1.57. The number of anilines is 2. The Hall–Kier alpha value is -2.78. The summed E-state index contributed by atoms with van der Waals surface area (Å²) >= 11 is 6.03. The maximum Gasteiger partial charge on any atom is 0.261 e. The maximum atomic E-state index is 12.7. The summed E-state index contributed by atoms with van der Waals surface area (Å²) in [4.78, 5) is 24.3. The van der Waals surface area contributed by atoms with E-state index in [9.17, 15) is 23.1 Å². The van der Waals surface area contributed by atoms with Crippen LogP contribution in [0, 0.1) is 0 Å². The van der Waals surface area contributed by atoms with Crippen molar-refractivity contribution >= 4 is 44.9 Å². The summed E-state index contributed by atoms with van der Waals surface area (Å²) in [5.74, 6) is -1.20. The number of methoxy groups -OCH3 is 1. The molecule has 0 radical (unpaired) electrons. The number of fused-ring (bicyclic) bond motifs is 1. The van der Waals surface area contributed by atoms with E-state index in [0.29, 0.717) is 30.0 Å². The minimum absolute atomic E-state index is 0.0484. The number of carboxylic acid groups (broad SMARTS) is 1. The van der Waals surface area contributed by atoms with E-state index < -0.39 is 16.0 Å². The molecule has 1 amide bonds. The van der Waals surface area contributed by atoms with E-state index in [-0.39, 0.29) is 34.4 Å². The summed E-state index contributed by atoms with van der Waals surface area (Å²) in [6.45, 7) is 0.367. The highest BCUT2D eigenvalue weighted by Crippen LogP contribution is 2.32. The van der Waals surface area contributed by atoms with Crippen molar-refractivity contribution in [3.8, 4) is 5.75 Å². The molecule has 2 aromatic carbocycles. The fraction of sp³-hybridized carbons (Fsp3) is 0.263. The lowest BCUT2D eigenvalue weighted by Gasteiger charge is -2.18. The molecule has 3 rings (SSSR count). The Bertz CT molecular complexity index is 1070. The van der Waals surface area contributed by atoms with Gasteiger partial charge in [-0.05, 0) is 54.8 Å². The Morgan fingerprint density at radius 3 is 2.62 bits per heavy atom. The van der Waals surface area contributed by atoms with E-state index in [1.807, 2.05) is 0 Å². The maximum absolute atomic E-state index is 12.7. The first-order chi connectivity index (χ1) is 13.7. The number of hydrogen-bond acceptors (Lipinski definition) is 6. The van der Waals surface area contributed by atoms with Gasteiger partial charge >= 0.3 is 0 Å². The lowest BCUT2D eigenvalue weighted by molar-refractivity contribution is -0.305. The van der Waals surface area contributed by atoms with E-state index in [1.165, 1.54) is 36.3 Å². The lowest BCUT2D eigenvalue weighted by Crippen LogP contribution is -2.31. The van der Waals surface area contributed by atoms with Crippen molar-refractivity contribution in [2.45, 2.75) is 24.2 Å². The van der Waals surface area contributed by atoms with Gasteiger partial charge in [-0.15, -0.1) is 0 Å². The van der Waals surface area contributed by atoms with E-state index in [4.69, 9.17) is 16.3 Å². The predicted octanol–water partition coefficient (Wildman–Crippen LogP) is 1.57. The zero-order chi connectivity index (χ0) is 21.2. The van der Waals surface area contributed by atoms with Gasteiger partial charge in [0, 0.05) is 24.6 Å². The molecule has 10 heteroatoms. The molecule has 154 valence electrons. The molecular weight excluding hydrogens is 420 g/mol.